The third-order valence-electron chi connectivity index (χ3n) is 3.26. The van der Waals surface area contributed by atoms with Gasteiger partial charge in [0.15, 0.2) is 0 Å². The standard InChI is InChI=1S/C13H23Cl3N2O/c1-12(2,3)11(19)17-10(13(14,15)16)18-8-6-4-5-7-9-18/h10H,4-9H2,1-3H3,(H,17,19)/t10-/m1/s1. The van der Waals surface area contributed by atoms with Gasteiger partial charge in [-0.15, -0.1) is 0 Å². The van der Waals surface area contributed by atoms with E-state index in [1.807, 2.05) is 20.8 Å². The molecule has 1 aliphatic heterocycles. The Labute approximate surface area is 130 Å². The maximum atomic E-state index is 12.1. The largest absolute Gasteiger partial charge is 0.336 e. The number of halogens is 3. The van der Waals surface area contributed by atoms with E-state index in [1.165, 1.54) is 12.8 Å². The van der Waals surface area contributed by atoms with Gasteiger partial charge in [0.2, 0.25) is 9.70 Å². The van der Waals surface area contributed by atoms with Crippen molar-refractivity contribution in [1.82, 2.24) is 10.2 Å². The molecular formula is C13H23Cl3N2O. The topological polar surface area (TPSA) is 32.3 Å². The Morgan fingerprint density at radius 3 is 1.89 bits per heavy atom. The molecule has 1 saturated heterocycles. The fraction of sp³-hybridized carbons (Fsp3) is 0.923. The molecule has 6 heteroatoms. The van der Waals surface area contributed by atoms with Gasteiger partial charge in [-0.05, 0) is 12.8 Å². The lowest BCUT2D eigenvalue weighted by molar-refractivity contribution is -0.130. The summed E-state index contributed by atoms with van der Waals surface area (Å²) >= 11 is 18.2. The van der Waals surface area contributed by atoms with Crippen molar-refractivity contribution in [3.05, 3.63) is 0 Å². The van der Waals surface area contributed by atoms with Crippen LogP contribution in [-0.2, 0) is 4.79 Å². The van der Waals surface area contributed by atoms with Gasteiger partial charge in [0.25, 0.3) is 0 Å². The highest BCUT2D eigenvalue weighted by molar-refractivity contribution is 6.68. The SMILES string of the molecule is CC(C)(C)C(=O)N[C@H](N1CCCCCC1)C(Cl)(Cl)Cl. The Morgan fingerprint density at radius 2 is 1.53 bits per heavy atom. The summed E-state index contributed by atoms with van der Waals surface area (Å²) in [5.74, 6) is -0.104. The number of amides is 1. The minimum atomic E-state index is -1.52. The zero-order valence-corrected chi connectivity index (χ0v) is 14.1. The molecule has 112 valence electrons. The summed E-state index contributed by atoms with van der Waals surface area (Å²) in [5.41, 5.74) is -0.500. The molecule has 3 nitrogen and oxygen atoms in total. The van der Waals surface area contributed by atoms with E-state index >= 15 is 0 Å². The van der Waals surface area contributed by atoms with Crippen molar-refractivity contribution in [2.24, 2.45) is 5.41 Å². The number of carbonyl (C=O) groups excluding carboxylic acids is 1. The third kappa shape index (κ3) is 5.66. The fourth-order valence-corrected chi connectivity index (χ4v) is 2.65. The lowest BCUT2D eigenvalue weighted by Crippen LogP contribution is -2.57. The van der Waals surface area contributed by atoms with E-state index in [-0.39, 0.29) is 5.91 Å². The van der Waals surface area contributed by atoms with Crippen LogP contribution in [0.2, 0.25) is 0 Å². The van der Waals surface area contributed by atoms with E-state index in [1.54, 1.807) is 0 Å². The third-order valence-corrected chi connectivity index (χ3v) is 3.88. The van der Waals surface area contributed by atoms with Crippen molar-refractivity contribution in [2.45, 2.75) is 56.4 Å². The Kier molecular flexibility index (Phi) is 6.25. The van der Waals surface area contributed by atoms with Crippen LogP contribution < -0.4 is 5.32 Å². The van der Waals surface area contributed by atoms with Gasteiger partial charge in [0, 0.05) is 18.5 Å². The summed E-state index contributed by atoms with van der Waals surface area (Å²) in [7, 11) is 0. The van der Waals surface area contributed by atoms with Crippen molar-refractivity contribution >= 4 is 40.7 Å². The zero-order valence-electron chi connectivity index (χ0n) is 11.8. The van der Waals surface area contributed by atoms with E-state index in [2.05, 4.69) is 10.2 Å². The molecule has 0 aliphatic carbocycles. The van der Waals surface area contributed by atoms with Gasteiger partial charge in [-0.25, -0.2) is 0 Å². The van der Waals surface area contributed by atoms with Crippen LogP contribution in [0.3, 0.4) is 0 Å². The molecule has 1 aliphatic rings. The number of rotatable bonds is 2. The zero-order chi connectivity index (χ0) is 14.7. The molecule has 1 rings (SSSR count). The molecular weight excluding hydrogens is 307 g/mol. The first-order valence-corrected chi connectivity index (χ1v) is 7.87. The molecule has 0 spiro atoms. The van der Waals surface area contributed by atoms with Crippen LogP contribution in [0.25, 0.3) is 0 Å². The van der Waals surface area contributed by atoms with E-state index < -0.39 is 15.4 Å². The van der Waals surface area contributed by atoms with E-state index in [9.17, 15) is 4.79 Å². The van der Waals surface area contributed by atoms with Gasteiger partial charge in [-0.2, -0.15) is 0 Å². The molecule has 1 heterocycles. The molecule has 0 aromatic rings. The van der Waals surface area contributed by atoms with E-state index in [0.29, 0.717) is 0 Å². The molecule has 0 saturated carbocycles. The molecule has 1 fully saturated rings. The van der Waals surface area contributed by atoms with Gasteiger partial charge in [0.05, 0.1) is 0 Å². The maximum Gasteiger partial charge on any atom is 0.226 e. The molecule has 19 heavy (non-hydrogen) atoms. The Balaban J connectivity index is 2.80. The minimum Gasteiger partial charge on any atom is -0.336 e. The Bertz CT molecular complexity index is 302. The van der Waals surface area contributed by atoms with Crippen LogP contribution >= 0.6 is 34.8 Å². The van der Waals surface area contributed by atoms with Gasteiger partial charge >= 0.3 is 0 Å². The van der Waals surface area contributed by atoms with Crippen molar-refractivity contribution in [3.8, 4) is 0 Å². The fourth-order valence-electron chi connectivity index (χ4n) is 2.07. The first-order chi connectivity index (χ1) is 8.62. The highest BCUT2D eigenvalue weighted by Crippen LogP contribution is 2.33. The molecule has 0 aromatic heterocycles. The van der Waals surface area contributed by atoms with E-state index in [4.69, 9.17) is 34.8 Å². The second-order valence-corrected chi connectivity index (χ2v) is 8.49. The average molecular weight is 330 g/mol. The van der Waals surface area contributed by atoms with Gasteiger partial charge in [-0.1, -0.05) is 68.4 Å². The van der Waals surface area contributed by atoms with Crippen LogP contribution in [0, 0.1) is 5.41 Å². The van der Waals surface area contributed by atoms with Crippen LogP contribution in [0.5, 0.6) is 0 Å². The average Bonchev–Trinajstić information content (AvgIpc) is 2.50. The van der Waals surface area contributed by atoms with Crippen molar-refractivity contribution in [2.75, 3.05) is 13.1 Å². The summed E-state index contributed by atoms with van der Waals surface area (Å²) in [6.07, 6.45) is 3.96. The van der Waals surface area contributed by atoms with E-state index in [0.717, 1.165) is 25.9 Å². The Hall–Kier alpha value is 0.300. The number of likely N-dealkylation sites (tertiary alicyclic amines) is 1. The quantitative estimate of drug-likeness (QED) is 0.783. The lowest BCUT2D eigenvalue weighted by atomic mass is 9.95. The molecule has 1 N–H and O–H groups in total. The van der Waals surface area contributed by atoms with Crippen LogP contribution in [-0.4, -0.2) is 33.9 Å². The van der Waals surface area contributed by atoms with Crippen molar-refractivity contribution < 1.29 is 4.79 Å². The Morgan fingerprint density at radius 1 is 1.05 bits per heavy atom. The lowest BCUT2D eigenvalue weighted by Gasteiger charge is -2.37. The summed E-state index contributed by atoms with van der Waals surface area (Å²) < 4.78 is -1.52. The molecule has 0 unspecified atom stereocenters. The van der Waals surface area contributed by atoms with Crippen molar-refractivity contribution in [1.29, 1.82) is 0 Å². The van der Waals surface area contributed by atoms with Crippen LogP contribution in [0.15, 0.2) is 0 Å². The first kappa shape index (κ1) is 17.4. The van der Waals surface area contributed by atoms with Gasteiger partial charge in [-0.3, -0.25) is 9.69 Å². The smallest absolute Gasteiger partial charge is 0.226 e. The second-order valence-electron chi connectivity index (χ2n) is 6.12. The predicted molar refractivity (Wildman–Crippen MR) is 81.7 cm³/mol. The number of nitrogens with zero attached hydrogens (tertiary/aromatic N) is 1. The summed E-state index contributed by atoms with van der Waals surface area (Å²) in [5, 5.41) is 2.89. The second kappa shape index (κ2) is 6.84. The monoisotopic (exact) mass is 328 g/mol. The van der Waals surface area contributed by atoms with Crippen LogP contribution in [0.4, 0.5) is 0 Å². The summed E-state index contributed by atoms with van der Waals surface area (Å²) in [4.78, 5) is 14.2. The highest BCUT2D eigenvalue weighted by Gasteiger charge is 2.40. The van der Waals surface area contributed by atoms with Gasteiger partial charge < -0.3 is 5.32 Å². The number of hydrogen-bond donors (Lipinski definition) is 1. The number of alkyl halides is 3. The molecule has 1 atom stereocenters. The normalized spacial score (nSPS) is 20.7. The molecule has 0 aromatic carbocycles. The number of carbonyl (C=O) groups is 1. The maximum absolute atomic E-state index is 12.1. The minimum absolute atomic E-state index is 0.104. The van der Waals surface area contributed by atoms with Crippen molar-refractivity contribution in [3.63, 3.8) is 0 Å². The van der Waals surface area contributed by atoms with Crippen LogP contribution in [0.1, 0.15) is 46.5 Å². The summed E-state index contributed by atoms with van der Waals surface area (Å²) in [6, 6.07) is 0. The molecule has 0 bridgehead atoms. The number of hydrogen-bond acceptors (Lipinski definition) is 2. The van der Waals surface area contributed by atoms with Gasteiger partial charge in [0.1, 0.15) is 6.17 Å². The summed E-state index contributed by atoms with van der Waals surface area (Å²) in [6.45, 7) is 7.24. The molecule has 1 amide bonds. The first-order valence-electron chi connectivity index (χ1n) is 6.74. The highest BCUT2D eigenvalue weighted by atomic mass is 35.6. The predicted octanol–water partition coefficient (Wildman–Crippen LogP) is 3.72. The molecule has 0 radical (unpaired) electrons. The number of nitrogens with one attached hydrogen (secondary N) is 1.